The molecule has 0 radical (unpaired) electrons. The van der Waals surface area contributed by atoms with Gasteiger partial charge in [-0.25, -0.2) is 51.3 Å². The molecular weight excluding hydrogens is 2000 g/mol. The lowest BCUT2D eigenvalue weighted by Crippen LogP contribution is -2.66. The first kappa shape index (κ1) is 98.5. The van der Waals surface area contributed by atoms with Crippen LogP contribution in [0.1, 0.15) is 65.0 Å². The van der Waals surface area contributed by atoms with E-state index in [9.17, 15) is 61.0 Å². The lowest BCUT2D eigenvalue weighted by Gasteiger charge is -2.55. The minimum atomic E-state index is -0.748. The molecule has 142 heavy (non-hydrogen) atoms. The van der Waals surface area contributed by atoms with Gasteiger partial charge in [-0.15, -0.1) is 0 Å². The maximum absolute atomic E-state index is 14.4. The molecule has 3 amide bonds. The van der Waals surface area contributed by atoms with Crippen molar-refractivity contribution in [2.45, 2.75) is 32.6 Å². The summed E-state index contributed by atoms with van der Waals surface area (Å²) in [6.45, 7) is 20.6. The Morgan fingerprint density at radius 1 is 0.444 bits per heavy atom. The Kier molecular flexibility index (Phi) is 28.7. The highest BCUT2D eigenvalue weighted by molar-refractivity contribution is 9.10. The van der Waals surface area contributed by atoms with Gasteiger partial charge in [0.25, 0.3) is 17.7 Å². The van der Waals surface area contributed by atoms with E-state index in [-0.39, 0.29) is 99.9 Å². The number of nitrogens with zero attached hydrogens (tertiary/aromatic N) is 15. The number of anilines is 6. The summed E-state index contributed by atoms with van der Waals surface area (Å²) in [6.07, 6.45) is 8.81. The van der Waals surface area contributed by atoms with Crippen LogP contribution in [0, 0.1) is 82.2 Å². The summed E-state index contributed by atoms with van der Waals surface area (Å²) in [5.74, 6) is -2.89. The van der Waals surface area contributed by atoms with Gasteiger partial charge >= 0.3 is 11.6 Å². The number of fused-ring (bicyclic) bond motifs is 3. The molecule has 4 aromatic carbocycles. The number of pyridine rings is 8. The number of methoxy groups -OCH3 is 2. The third kappa shape index (κ3) is 21.3. The van der Waals surface area contributed by atoms with Crippen LogP contribution in [0.15, 0.2) is 192 Å². The zero-order valence-corrected chi connectivity index (χ0v) is 80.4. The average molecular weight is 2100 g/mol. The van der Waals surface area contributed by atoms with Crippen molar-refractivity contribution in [1.29, 1.82) is 0 Å². The second-order valence-electron chi connectivity index (χ2n) is 36.9. The van der Waals surface area contributed by atoms with E-state index in [1.807, 2.05) is 61.1 Å². The molecule has 5 spiro atoms. The Bertz CT molecular complexity index is 6610. The minimum Gasteiger partial charge on any atom is -0.497 e. The molecule has 736 valence electrons. The topological polar surface area (TPSA) is 410 Å². The van der Waals surface area contributed by atoms with Crippen molar-refractivity contribution < 1.29 is 83.7 Å². The Hall–Kier alpha value is -13.7. The summed E-state index contributed by atoms with van der Waals surface area (Å²) in [6, 6.07) is 38.4. The molecule has 0 unspecified atom stereocenters. The first-order valence-corrected chi connectivity index (χ1v) is 47.0. The molecule has 34 nitrogen and oxygen atoms in total. The molecule has 0 atom stereocenters. The van der Waals surface area contributed by atoms with Gasteiger partial charge in [0.1, 0.15) is 58.0 Å². The number of hydrogen-bond donors (Lipinski definition) is 5. The summed E-state index contributed by atoms with van der Waals surface area (Å²) < 4.78 is 122. The average Bonchev–Trinajstić information content (AvgIpc) is 1.15. The fraction of sp³-hybridized carbons (Fsp3) is 0.323. The number of amides is 3. The Morgan fingerprint density at radius 2 is 0.845 bits per heavy atom. The lowest BCUT2D eigenvalue weighted by atomic mass is 9.78. The van der Waals surface area contributed by atoms with Crippen molar-refractivity contribution >= 4 is 107 Å². The van der Waals surface area contributed by atoms with Gasteiger partial charge in [-0.1, -0.05) is 29.8 Å². The third-order valence-electron chi connectivity index (χ3n) is 26.2. The van der Waals surface area contributed by atoms with E-state index < -0.39 is 44.7 Å². The van der Waals surface area contributed by atoms with Crippen LogP contribution in [-0.2, 0) is 56.3 Å². The van der Waals surface area contributed by atoms with Crippen molar-refractivity contribution in [3.05, 3.63) is 302 Å². The van der Waals surface area contributed by atoms with Crippen LogP contribution in [0.4, 0.5) is 72.4 Å². The van der Waals surface area contributed by atoms with Crippen LogP contribution in [0.25, 0.3) is 33.8 Å². The van der Waals surface area contributed by atoms with E-state index in [4.69, 9.17) is 56.2 Å². The number of hydrogen-bond acceptors (Lipinski definition) is 29. The summed E-state index contributed by atoms with van der Waals surface area (Å²) in [7, 11) is 3.09. The lowest BCUT2D eigenvalue weighted by molar-refractivity contribution is -0.389. The number of rotatable bonds is 15. The van der Waals surface area contributed by atoms with Gasteiger partial charge in [-0.3, -0.25) is 19.4 Å². The zero-order chi connectivity index (χ0) is 99.5. The van der Waals surface area contributed by atoms with E-state index in [1.54, 1.807) is 48.5 Å². The zero-order valence-electron chi connectivity index (χ0n) is 76.5. The number of halogens is 9. The molecule has 10 saturated heterocycles. The SMILES string of the molecule is C1NCC12COC2.COc1ccc(CN2Cc3nc(-c4c(F)cccc4F)cc(Cl)c3C2=O)c(OC)c1.Nc1ccc(N2CC3(COC3)C2)cn1.Nc1ccc(N2CC3(COC3)C2)cn1.O=C1NCc2nc(-c3c(F)cccc3F)cc(Br)c21.O=C1NCc2nc(-c3c(F)cccc3F)cc(Cc3ccc(N4CC5(COC5)C4)cn3)c21.O=[N+]([O-])c1ccc(Br)cn1.O=[N+]([O-])c1ccc(N2CC3(COC3)C2)cn1. The molecule has 8 aromatic heterocycles. The number of nitro groups is 2. The molecule has 13 aliphatic heterocycles. The van der Waals surface area contributed by atoms with Gasteiger partial charge in [0.05, 0.1) is 247 Å². The van der Waals surface area contributed by atoms with Crippen LogP contribution in [0.5, 0.6) is 11.5 Å². The van der Waals surface area contributed by atoms with Crippen molar-refractivity contribution in [1.82, 2.24) is 60.7 Å². The molecule has 12 aromatic rings. The molecular formula is C99H93Br2ClF6N20O14. The summed E-state index contributed by atoms with van der Waals surface area (Å²) in [5.41, 5.74) is 22.0. The van der Waals surface area contributed by atoms with Crippen molar-refractivity contribution in [3.63, 3.8) is 0 Å². The second kappa shape index (κ2) is 41.5. The highest BCUT2D eigenvalue weighted by atomic mass is 79.9. The number of nitrogens with two attached hydrogens (primary N) is 2. The number of nitrogens with one attached hydrogen (secondary N) is 3. The predicted octanol–water partition coefficient (Wildman–Crippen LogP) is 14.2. The van der Waals surface area contributed by atoms with Gasteiger partial charge in [0, 0.05) is 111 Å². The van der Waals surface area contributed by atoms with Crippen molar-refractivity contribution in [2.24, 2.45) is 27.1 Å². The van der Waals surface area contributed by atoms with Gasteiger partial charge in [-0.2, -0.15) is 0 Å². The predicted molar refractivity (Wildman–Crippen MR) is 519 cm³/mol. The largest absolute Gasteiger partial charge is 0.497 e. The fourth-order valence-corrected chi connectivity index (χ4v) is 19.4. The Balaban J connectivity index is 0.000000111. The molecule has 10 fully saturated rings. The molecule has 0 aliphatic carbocycles. The van der Waals surface area contributed by atoms with Crippen LogP contribution < -0.4 is 56.5 Å². The van der Waals surface area contributed by atoms with Gasteiger partial charge in [0.15, 0.2) is 12.4 Å². The first-order chi connectivity index (χ1) is 68.4. The monoisotopic (exact) mass is 2090 g/mol. The molecule has 25 rings (SSSR count). The van der Waals surface area contributed by atoms with Gasteiger partial charge < -0.3 is 105 Å². The molecule has 21 heterocycles. The van der Waals surface area contributed by atoms with E-state index in [0.29, 0.717) is 94.9 Å². The summed E-state index contributed by atoms with van der Waals surface area (Å²) >= 11 is 12.7. The Labute approximate surface area is 830 Å². The fourth-order valence-electron chi connectivity index (χ4n) is 18.3. The number of carbonyl (C=O) groups excluding carboxylic acids is 3. The molecule has 43 heteroatoms. The van der Waals surface area contributed by atoms with E-state index in [2.05, 4.69) is 107 Å². The summed E-state index contributed by atoms with van der Waals surface area (Å²) in [4.78, 5) is 99.9. The van der Waals surface area contributed by atoms with Gasteiger partial charge in [0.2, 0.25) is 0 Å². The maximum Gasteiger partial charge on any atom is 0.363 e. The van der Waals surface area contributed by atoms with Crippen molar-refractivity contribution in [2.75, 3.05) is 177 Å². The quantitative estimate of drug-likeness (QED) is 0.0361. The molecule has 0 bridgehead atoms. The highest BCUT2D eigenvalue weighted by Crippen LogP contribution is 2.46. The van der Waals surface area contributed by atoms with E-state index in [0.717, 1.165) is 169 Å². The Morgan fingerprint density at radius 3 is 1.21 bits per heavy atom. The number of carbonyl (C=O) groups is 3. The third-order valence-corrected chi connectivity index (χ3v) is 27.6. The van der Waals surface area contributed by atoms with Crippen LogP contribution in [0.3, 0.4) is 0 Å². The van der Waals surface area contributed by atoms with E-state index >= 15 is 0 Å². The number of aromatic nitrogens is 8. The molecule has 13 aliphatic rings. The minimum absolute atomic E-state index is 0.0472. The molecule has 7 N–H and O–H groups in total. The normalized spacial score (nSPS) is 17.9. The first-order valence-electron chi connectivity index (χ1n) is 45.0. The number of benzene rings is 4. The van der Waals surface area contributed by atoms with Gasteiger partial charge in [-0.05, 0) is 172 Å². The standard InChI is InChI=1S/C24H20F2N4O2.C22H17ClF2N2O3.C13H7BrF2N2O.C10H11N3O3.2C10H13N3O.C5H3BrN2O2.C5H9NO/c25-17-2-1-3-18(26)22(17)19-7-14(21-20(29-19)9-28-23(21)31)6-15-4-5-16(8-27-15)30-10-24(11-30)12-32-13-24;1-29-13-7-6-12(19(8-13)30-2)10-27-11-18-20(22(27)28)14(23)9-17(26-18)21-15(24)4-3-5-16(21)25;14-6-4-9(12-7(15)2-1-3-8(12)16)18-10-5-17-13(19)11(6)10;14-13(15)9-2-1-8(3-11-9)12-4-10(5-12)6-16-7-10;2*11-9-2-1-8(3-12-9)13-4-10(5-13)6-14-7-10;6-4-1-2-5(7-3-4)8(9)10;1-5(2-6-1)3-7-4-5/h1-5,7-8H,6,9-13H2,(H,28,31);3-9H,10-11H2,1-2H3;1-4H,5H2,(H,17,19);1-3H,4-7H2;2*1-3H,4-7H2,(H2,11,12);1-3H;6H,1-4H2. The van der Waals surface area contributed by atoms with E-state index in [1.165, 1.54) is 93.1 Å². The van der Waals surface area contributed by atoms with Crippen LogP contribution in [-0.4, -0.2) is 218 Å². The number of ether oxygens (including phenoxy) is 7. The smallest absolute Gasteiger partial charge is 0.363 e. The second-order valence-corrected chi connectivity index (χ2v) is 39.1. The summed E-state index contributed by atoms with van der Waals surface area (Å²) in [5, 5.41) is 29.2. The highest BCUT2D eigenvalue weighted by Gasteiger charge is 2.53. The van der Waals surface area contributed by atoms with Crippen LogP contribution in [0.2, 0.25) is 5.02 Å². The molecule has 0 saturated carbocycles. The number of nitrogen functional groups attached to an aromatic ring is 2. The maximum atomic E-state index is 14.4. The van der Waals surface area contributed by atoms with Crippen LogP contribution >= 0.6 is 43.5 Å². The van der Waals surface area contributed by atoms with Crippen molar-refractivity contribution in [3.8, 4) is 45.3 Å².